The molecule has 0 unspecified atom stereocenters. The number of rotatable bonds is 3. The van der Waals surface area contributed by atoms with E-state index in [1.54, 1.807) is 18.2 Å². The molecule has 4 heteroatoms. The summed E-state index contributed by atoms with van der Waals surface area (Å²) in [5.41, 5.74) is 2.81. The van der Waals surface area contributed by atoms with Crippen LogP contribution in [-0.2, 0) is 0 Å². The molecule has 3 aromatic rings. The molecule has 1 heterocycles. The van der Waals surface area contributed by atoms with Gasteiger partial charge in [0.25, 0.3) is 5.91 Å². The minimum absolute atomic E-state index is 0.140. The average Bonchev–Trinajstić information content (AvgIpc) is 2.91. The number of fused-ring (bicyclic) bond motifs is 1. The summed E-state index contributed by atoms with van der Waals surface area (Å²) in [5, 5.41) is 2.86. The summed E-state index contributed by atoms with van der Waals surface area (Å²) >= 11 is 0. The van der Waals surface area contributed by atoms with Crippen LogP contribution < -0.4 is 5.32 Å². The lowest BCUT2D eigenvalue weighted by Crippen LogP contribution is -2.11. The minimum atomic E-state index is -0.140. The topological polar surface area (TPSA) is 55.1 Å². The summed E-state index contributed by atoms with van der Waals surface area (Å²) in [6.07, 6.45) is 0. The number of aromatic nitrogens is 1. The van der Waals surface area contributed by atoms with E-state index in [0.29, 0.717) is 22.7 Å². The van der Waals surface area contributed by atoms with Gasteiger partial charge in [-0.15, -0.1) is 0 Å². The minimum Gasteiger partial charge on any atom is -0.440 e. The molecule has 0 spiro atoms. The van der Waals surface area contributed by atoms with Gasteiger partial charge in [0.15, 0.2) is 11.5 Å². The number of oxazole rings is 1. The van der Waals surface area contributed by atoms with Gasteiger partial charge in [-0.25, -0.2) is 4.98 Å². The van der Waals surface area contributed by atoms with Gasteiger partial charge in [0.1, 0.15) is 5.52 Å². The van der Waals surface area contributed by atoms with Crippen LogP contribution in [0, 0.1) is 0 Å². The Morgan fingerprint density at radius 2 is 1.90 bits per heavy atom. The first-order chi connectivity index (χ1) is 10.1. The van der Waals surface area contributed by atoms with E-state index in [0.717, 1.165) is 5.52 Å². The summed E-state index contributed by atoms with van der Waals surface area (Å²) in [6, 6.07) is 14.6. The van der Waals surface area contributed by atoms with E-state index in [-0.39, 0.29) is 11.8 Å². The molecule has 3 rings (SSSR count). The molecule has 0 bridgehead atoms. The summed E-state index contributed by atoms with van der Waals surface area (Å²) in [6.45, 7) is 4.06. The second-order valence-corrected chi connectivity index (χ2v) is 5.21. The summed E-state index contributed by atoms with van der Waals surface area (Å²) in [4.78, 5) is 16.5. The standard InChI is InChI=1S/C17H16N2O2/c1-11(2)17-19-14-9-8-13(10-15(14)21-17)18-16(20)12-6-4-3-5-7-12/h3-11H,1-2H3,(H,18,20). The van der Waals surface area contributed by atoms with Crippen molar-refractivity contribution in [2.24, 2.45) is 0 Å². The molecule has 0 atom stereocenters. The van der Waals surface area contributed by atoms with Crippen LogP contribution in [0.5, 0.6) is 0 Å². The fraction of sp³-hybridized carbons (Fsp3) is 0.176. The quantitative estimate of drug-likeness (QED) is 0.782. The number of amides is 1. The molecule has 1 N–H and O–H groups in total. The van der Waals surface area contributed by atoms with E-state index >= 15 is 0 Å². The van der Waals surface area contributed by atoms with Gasteiger partial charge in [0.2, 0.25) is 0 Å². The number of nitrogens with one attached hydrogen (secondary N) is 1. The zero-order valence-corrected chi connectivity index (χ0v) is 12.0. The highest BCUT2D eigenvalue weighted by molar-refractivity contribution is 6.04. The van der Waals surface area contributed by atoms with Crippen LogP contribution in [0.2, 0.25) is 0 Å². The zero-order valence-electron chi connectivity index (χ0n) is 12.0. The first kappa shape index (κ1) is 13.4. The second-order valence-electron chi connectivity index (χ2n) is 5.21. The fourth-order valence-corrected chi connectivity index (χ4v) is 2.06. The van der Waals surface area contributed by atoms with E-state index in [4.69, 9.17) is 4.42 Å². The smallest absolute Gasteiger partial charge is 0.255 e. The molecule has 0 saturated carbocycles. The van der Waals surface area contributed by atoms with Gasteiger partial charge in [0.05, 0.1) is 0 Å². The van der Waals surface area contributed by atoms with Crippen molar-refractivity contribution in [3.05, 3.63) is 60.0 Å². The van der Waals surface area contributed by atoms with Gasteiger partial charge in [0, 0.05) is 23.2 Å². The summed E-state index contributed by atoms with van der Waals surface area (Å²) in [7, 11) is 0. The Labute approximate surface area is 122 Å². The van der Waals surface area contributed by atoms with E-state index in [9.17, 15) is 4.79 Å². The Balaban J connectivity index is 1.86. The van der Waals surface area contributed by atoms with Crippen molar-refractivity contribution in [1.82, 2.24) is 4.98 Å². The Kier molecular flexibility index (Phi) is 3.44. The van der Waals surface area contributed by atoms with Crippen molar-refractivity contribution in [1.29, 1.82) is 0 Å². The predicted octanol–water partition coefficient (Wildman–Crippen LogP) is 4.20. The van der Waals surface area contributed by atoms with Crippen LogP contribution in [0.25, 0.3) is 11.1 Å². The van der Waals surface area contributed by atoms with Crippen LogP contribution in [0.4, 0.5) is 5.69 Å². The average molecular weight is 280 g/mol. The predicted molar refractivity (Wildman–Crippen MR) is 82.5 cm³/mol. The van der Waals surface area contributed by atoms with Gasteiger partial charge < -0.3 is 9.73 Å². The Bertz CT molecular complexity index is 776. The highest BCUT2D eigenvalue weighted by Crippen LogP contribution is 2.24. The fourth-order valence-electron chi connectivity index (χ4n) is 2.06. The summed E-state index contributed by atoms with van der Waals surface area (Å²) in [5.74, 6) is 0.801. The van der Waals surface area contributed by atoms with Crippen LogP contribution in [0.3, 0.4) is 0 Å². The van der Waals surface area contributed by atoms with Crippen molar-refractivity contribution in [2.45, 2.75) is 19.8 Å². The molecular formula is C17H16N2O2. The van der Waals surface area contributed by atoms with Crippen molar-refractivity contribution < 1.29 is 9.21 Å². The largest absolute Gasteiger partial charge is 0.440 e. The molecule has 4 nitrogen and oxygen atoms in total. The first-order valence-corrected chi connectivity index (χ1v) is 6.90. The molecule has 0 aliphatic carbocycles. The SMILES string of the molecule is CC(C)c1nc2ccc(NC(=O)c3ccccc3)cc2o1. The van der Waals surface area contributed by atoms with E-state index in [1.165, 1.54) is 0 Å². The van der Waals surface area contributed by atoms with E-state index in [2.05, 4.69) is 10.3 Å². The Morgan fingerprint density at radius 1 is 1.14 bits per heavy atom. The number of nitrogens with zero attached hydrogens (tertiary/aromatic N) is 1. The zero-order chi connectivity index (χ0) is 14.8. The van der Waals surface area contributed by atoms with Gasteiger partial charge in [-0.1, -0.05) is 32.0 Å². The lowest BCUT2D eigenvalue weighted by Gasteiger charge is -2.04. The third-order valence-electron chi connectivity index (χ3n) is 3.19. The molecular weight excluding hydrogens is 264 g/mol. The monoisotopic (exact) mass is 280 g/mol. The Hall–Kier alpha value is -2.62. The highest BCUT2D eigenvalue weighted by atomic mass is 16.3. The van der Waals surface area contributed by atoms with Crippen molar-refractivity contribution in [3.63, 3.8) is 0 Å². The van der Waals surface area contributed by atoms with Crippen molar-refractivity contribution >= 4 is 22.7 Å². The number of hydrogen-bond donors (Lipinski definition) is 1. The number of anilines is 1. The molecule has 106 valence electrons. The molecule has 1 aromatic heterocycles. The van der Waals surface area contributed by atoms with Crippen molar-refractivity contribution in [2.75, 3.05) is 5.32 Å². The maximum absolute atomic E-state index is 12.1. The van der Waals surface area contributed by atoms with Gasteiger partial charge in [-0.3, -0.25) is 4.79 Å². The molecule has 0 aliphatic heterocycles. The third kappa shape index (κ3) is 2.79. The molecule has 0 radical (unpaired) electrons. The maximum atomic E-state index is 12.1. The maximum Gasteiger partial charge on any atom is 0.255 e. The molecule has 2 aromatic carbocycles. The lowest BCUT2D eigenvalue weighted by atomic mass is 10.2. The lowest BCUT2D eigenvalue weighted by molar-refractivity contribution is 0.102. The van der Waals surface area contributed by atoms with Crippen LogP contribution >= 0.6 is 0 Å². The molecule has 21 heavy (non-hydrogen) atoms. The highest BCUT2D eigenvalue weighted by Gasteiger charge is 2.11. The van der Waals surface area contributed by atoms with Crippen LogP contribution in [0.1, 0.15) is 36.0 Å². The van der Waals surface area contributed by atoms with E-state index in [1.807, 2.05) is 44.2 Å². The normalized spacial score (nSPS) is 11.0. The van der Waals surface area contributed by atoms with Crippen LogP contribution in [0.15, 0.2) is 52.9 Å². The first-order valence-electron chi connectivity index (χ1n) is 6.90. The van der Waals surface area contributed by atoms with Crippen LogP contribution in [-0.4, -0.2) is 10.9 Å². The molecule has 0 saturated heterocycles. The number of carbonyl (C=O) groups excluding carboxylic acids is 1. The molecule has 0 aliphatic rings. The number of benzene rings is 2. The molecule has 0 fully saturated rings. The van der Waals surface area contributed by atoms with E-state index < -0.39 is 0 Å². The number of hydrogen-bond acceptors (Lipinski definition) is 3. The van der Waals surface area contributed by atoms with Crippen molar-refractivity contribution in [3.8, 4) is 0 Å². The molecule has 1 amide bonds. The summed E-state index contributed by atoms with van der Waals surface area (Å²) < 4.78 is 5.69. The number of carbonyl (C=O) groups is 1. The Morgan fingerprint density at radius 3 is 2.62 bits per heavy atom. The third-order valence-corrected chi connectivity index (χ3v) is 3.19. The second kappa shape index (κ2) is 5.40. The van der Waals surface area contributed by atoms with Gasteiger partial charge in [-0.2, -0.15) is 0 Å². The van der Waals surface area contributed by atoms with Gasteiger partial charge >= 0.3 is 0 Å². The van der Waals surface area contributed by atoms with Gasteiger partial charge in [-0.05, 0) is 24.3 Å².